The van der Waals surface area contributed by atoms with Crippen molar-refractivity contribution in [1.29, 1.82) is 0 Å². The van der Waals surface area contributed by atoms with Crippen molar-refractivity contribution < 1.29 is 19.8 Å². The topological polar surface area (TPSA) is 74.6 Å². The molecule has 0 saturated heterocycles. The molecule has 2 aromatic carbocycles. The molecule has 0 bridgehead atoms. The second-order valence-electron chi connectivity index (χ2n) is 5.62. The summed E-state index contributed by atoms with van der Waals surface area (Å²) in [5.74, 6) is -1.41. The van der Waals surface area contributed by atoms with Gasteiger partial charge in [0.25, 0.3) is 0 Å². The number of Topliss-reactive ketones (excluding diaryl/α,β-unsaturated/α-hetero) is 1. The molecule has 116 valence electrons. The van der Waals surface area contributed by atoms with Crippen LogP contribution in [0.15, 0.2) is 66.2 Å². The summed E-state index contributed by atoms with van der Waals surface area (Å²) >= 11 is 0. The normalized spacial score (nSPS) is 20.8. The second kappa shape index (κ2) is 5.82. The van der Waals surface area contributed by atoms with Crippen molar-refractivity contribution in [2.45, 2.75) is 18.4 Å². The summed E-state index contributed by atoms with van der Waals surface area (Å²) in [5.41, 5.74) is 0.338. The summed E-state index contributed by atoms with van der Waals surface area (Å²) in [6, 6.07) is 17.9. The van der Waals surface area contributed by atoms with Gasteiger partial charge in [-0.25, -0.2) is 0 Å². The lowest BCUT2D eigenvalue weighted by Gasteiger charge is -2.27. The number of carboxylic acids is 1. The van der Waals surface area contributed by atoms with E-state index in [1.165, 1.54) is 0 Å². The van der Waals surface area contributed by atoms with Crippen molar-refractivity contribution in [1.82, 2.24) is 0 Å². The van der Waals surface area contributed by atoms with Crippen LogP contribution in [0.5, 0.6) is 0 Å². The lowest BCUT2D eigenvalue weighted by Crippen LogP contribution is -2.25. The van der Waals surface area contributed by atoms with E-state index in [1.807, 2.05) is 12.1 Å². The average Bonchev–Trinajstić information content (AvgIpc) is 2.80. The highest BCUT2D eigenvalue weighted by molar-refractivity contribution is 6.12. The summed E-state index contributed by atoms with van der Waals surface area (Å²) in [5, 5.41) is 20.4. The molecule has 0 amide bonds. The Hall–Kier alpha value is -2.72. The molecule has 23 heavy (non-hydrogen) atoms. The summed E-state index contributed by atoms with van der Waals surface area (Å²) in [7, 11) is 0. The summed E-state index contributed by atoms with van der Waals surface area (Å²) in [6.45, 7) is 0. The van der Waals surface area contributed by atoms with Gasteiger partial charge in [-0.05, 0) is 11.1 Å². The molecule has 4 nitrogen and oxygen atoms in total. The van der Waals surface area contributed by atoms with Crippen LogP contribution in [0.25, 0.3) is 5.57 Å². The summed E-state index contributed by atoms with van der Waals surface area (Å²) in [6.07, 6.45) is -0.526. The highest BCUT2D eigenvalue weighted by atomic mass is 16.4. The zero-order valence-electron chi connectivity index (χ0n) is 12.4. The van der Waals surface area contributed by atoms with Gasteiger partial charge in [0.05, 0.1) is 6.42 Å². The first-order valence-corrected chi connectivity index (χ1v) is 7.34. The minimum absolute atomic E-state index is 0.135. The number of rotatable bonds is 4. The van der Waals surface area contributed by atoms with Crippen molar-refractivity contribution in [3.8, 4) is 0 Å². The molecule has 0 saturated carbocycles. The maximum absolute atomic E-state index is 12.4. The molecule has 1 aliphatic carbocycles. The first kappa shape index (κ1) is 15.2. The number of ketones is 1. The van der Waals surface area contributed by atoms with E-state index in [9.17, 15) is 14.7 Å². The predicted octanol–water partition coefficient (Wildman–Crippen LogP) is 2.78. The Morgan fingerprint density at radius 3 is 2.13 bits per heavy atom. The standard InChI is InChI=1S/C19H16O4/c20-16-12-19(23,14-9-5-2-6-10-14)18(15(16)11-17(21)22)13-7-3-1-4-8-13/h1-10,23H,11-12H2,(H,21,22). The SMILES string of the molecule is O=C(O)CC1=C(c2ccccc2)C(O)(c2ccccc2)CC1=O. The van der Waals surface area contributed by atoms with Gasteiger partial charge in [-0.2, -0.15) is 0 Å². The van der Waals surface area contributed by atoms with Gasteiger partial charge in [0.2, 0.25) is 0 Å². The number of carbonyl (C=O) groups excluding carboxylic acids is 1. The van der Waals surface area contributed by atoms with Crippen molar-refractivity contribution in [3.63, 3.8) is 0 Å². The van der Waals surface area contributed by atoms with E-state index in [1.54, 1.807) is 48.5 Å². The van der Waals surface area contributed by atoms with Crippen molar-refractivity contribution in [2.75, 3.05) is 0 Å². The predicted molar refractivity (Wildman–Crippen MR) is 85.6 cm³/mol. The molecule has 4 heteroatoms. The maximum Gasteiger partial charge on any atom is 0.307 e. The van der Waals surface area contributed by atoms with Gasteiger partial charge in [0.1, 0.15) is 5.60 Å². The smallest absolute Gasteiger partial charge is 0.307 e. The third-order valence-corrected chi connectivity index (χ3v) is 4.11. The largest absolute Gasteiger partial charge is 0.481 e. The Morgan fingerprint density at radius 1 is 1.00 bits per heavy atom. The molecule has 0 heterocycles. The number of aliphatic hydroxyl groups is 1. The number of hydrogen-bond donors (Lipinski definition) is 2. The van der Waals surface area contributed by atoms with Crippen LogP contribution in [0.4, 0.5) is 0 Å². The lowest BCUT2D eigenvalue weighted by molar-refractivity contribution is -0.137. The van der Waals surface area contributed by atoms with Crippen molar-refractivity contribution >= 4 is 17.3 Å². The van der Waals surface area contributed by atoms with E-state index in [0.717, 1.165) is 0 Å². The van der Waals surface area contributed by atoms with Gasteiger partial charge in [-0.15, -0.1) is 0 Å². The first-order chi connectivity index (χ1) is 11.0. The first-order valence-electron chi connectivity index (χ1n) is 7.34. The summed E-state index contributed by atoms with van der Waals surface area (Å²) in [4.78, 5) is 23.6. The van der Waals surface area contributed by atoms with Gasteiger partial charge < -0.3 is 10.2 Å². The highest BCUT2D eigenvalue weighted by Gasteiger charge is 2.46. The fourth-order valence-corrected chi connectivity index (χ4v) is 3.13. The van der Waals surface area contributed by atoms with Gasteiger partial charge in [0.15, 0.2) is 5.78 Å². The van der Waals surface area contributed by atoms with Crippen LogP contribution in [0.1, 0.15) is 24.0 Å². The van der Waals surface area contributed by atoms with E-state index >= 15 is 0 Å². The quantitative estimate of drug-likeness (QED) is 0.911. The molecule has 0 aromatic heterocycles. The van der Waals surface area contributed by atoms with Gasteiger partial charge in [-0.3, -0.25) is 9.59 Å². The minimum atomic E-state index is -1.50. The second-order valence-corrected chi connectivity index (χ2v) is 5.62. The van der Waals surface area contributed by atoms with Gasteiger partial charge in [0, 0.05) is 17.6 Å². The molecule has 0 spiro atoms. The number of hydrogen-bond acceptors (Lipinski definition) is 3. The molecule has 2 N–H and O–H groups in total. The third kappa shape index (κ3) is 2.69. The fraction of sp³-hybridized carbons (Fsp3) is 0.158. The molecule has 1 atom stereocenters. The fourth-order valence-electron chi connectivity index (χ4n) is 3.13. The maximum atomic E-state index is 12.4. The zero-order chi connectivity index (χ0) is 16.4. The van der Waals surface area contributed by atoms with E-state index in [-0.39, 0.29) is 17.8 Å². The molecular formula is C19H16O4. The Morgan fingerprint density at radius 2 is 1.57 bits per heavy atom. The zero-order valence-corrected chi connectivity index (χ0v) is 12.4. The van der Waals surface area contributed by atoms with Crippen molar-refractivity contribution in [2.24, 2.45) is 0 Å². The Kier molecular flexibility index (Phi) is 3.84. The molecule has 2 aromatic rings. The third-order valence-electron chi connectivity index (χ3n) is 4.11. The van der Waals surface area contributed by atoms with Crippen LogP contribution >= 0.6 is 0 Å². The van der Waals surface area contributed by atoms with Gasteiger partial charge in [-0.1, -0.05) is 60.7 Å². The number of benzene rings is 2. The van der Waals surface area contributed by atoms with Crippen LogP contribution in [0.2, 0.25) is 0 Å². The van der Waals surface area contributed by atoms with E-state index in [2.05, 4.69) is 0 Å². The molecule has 3 rings (SSSR count). The number of carbonyl (C=O) groups is 2. The molecule has 0 fully saturated rings. The summed E-state index contributed by atoms with van der Waals surface area (Å²) < 4.78 is 0. The van der Waals surface area contributed by atoms with Crippen LogP contribution < -0.4 is 0 Å². The Labute approximate surface area is 133 Å². The van der Waals surface area contributed by atoms with Crippen LogP contribution in [-0.2, 0) is 15.2 Å². The van der Waals surface area contributed by atoms with Crippen LogP contribution in [0, 0.1) is 0 Å². The molecule has 1 unspecified atom stereocenters. The Bertz CT molecular complexity index is 778. The molecule has 0 radical (unpaired) electrons. The van der Waals surface area contributed by atoms with E-state index in [4.69, 9.17) is 5.11 Å². The molecule has 0 aliphatic heterocycles. The molecular weight excluding hydrogens is 292 g/mol. The highest BCUT2D eigenvalue weighted by Crippen LogP contribution is 2.47. The number of aliphatic carboxylic acids is 1. The minimum Gasteiger partial charge on any atom is -0.481 e. The Balaban J connectivity index is 2.23. The molecule has 1 aliphatic rings. The van der Waals surface area contributed by atoms with Crippen LogP contribution in [0.3, 0.4) is 0 Å². The van der Waals surface area contributed by atoms with Gasteiger partial charge >= 0.3 is 5.97 Å². The lowest BCUT2D eigenvalue weighted by atomic mass is 9.83. The monoisotopic (exact) mass is 308 g/mol. The van der Waals surface area contributed by atoms with E-state index < -0.39 is 18.0 Å². The van der Waals surface area contributed by atoms with Crippen molar-refractivity contribution in [3.05, 3.63) is 77.4 Å². The van der Waals surface area contributed by atoms with E-state index in [0.29, 0.717) is 16.7 Å². The average molecular weight is 308 g/mol. The van der Waals surface area contributed by atoms with Crippen LogP contribution in [-0.4, -0.2) is 22.0 Å². The number of carboxylic acid groups (broad SMARTS) is 1.